The van der Waals surface area contributed by atoms with Gasteiger partial charge in [-0.2, -0.15) is 5.10 Å². The topological polar surface area (TPSA) is 67.7 Å². The van der Waals surface area contributed by atoms with Crippen molar-refractivity contribution in [3.8, 4) is 0 Å². The standard InChI is InChI=1S/C13H20N6/c1-5-10-11(8-19(4)18-10)17-13-7-12(14-6-2)15-9(3)16-13/h7-8H,5-6H2,1-4H3,(H2,14,15,16,17). The first-order chi connectivity index (χ1) is 9.12. The van der Waals surface area contributed by atoms with Gasteiger partial charge in [-0.25, -0.2) is 9.97 Å². The molecule has 0 atom stereocenters. The Morgan fingerprint density at radius 1 is 1.21 bits per heavy atom. The quantitative estimate of drug-likeness (QED) is 0.863. The number of rotatable bonds is 5. The van der Waals surface area contributed by atoms with Crippen molar-refractivity contribution in [1.29, 1.82) is 0 Å². The molecule has 0 aliphatic heterocycles. The normalized spacial score (nSPS) is 10.5. The molecule has 0 unspecified atom stereocenters. The molecule has 0 spiro atoms. The van der Waals surface area contributed by atoms with Crippen molar-refractivity contribution in [1.82, 2.24) is 19.7 Å². The summed E-state index contributed by atoms with van der Waals surface area (Å²) in [4.78, 5) is 8.73. The molecular weight excluding hydrogens is 240 g/mol. The summed E-state index contributed by atoms with van der Waals surface area (Å²) in [5.74, 6) is 2.36. The van der Waals surface area contributed by atoms with Gasteiger partial charge in [-0.15, -0.1) is 0 Å². The lowest BCUT2D eigenvalue weighted by Crippen LogP contribution is -2.04. The number of anilines is 3. The molecule has 0 aliphatic rings. The second-order valence-corrected chi connectivity index (χ2v) is 4.36. The number of hydrogen-bond donors (Lipinski definition) is 2. The summed E-state index contributed by atoms with van der Waals surface area (Å²) in [5.41, 5.74) is 2.02. The Kier molecular flexibility index (Phi) is 3.99. The lowest BCUT2D eigenvalue weighted by molar-refractivity contribution is 0.746. The Morgan fingerprint density at radius 2 is 1.95 bits per heavy atom. The summed E-state index contributed by atoms with van der Waals surface area (Å²) in [6, 6.07) is 1.91. The maximum Gasteiger partial charge on any atom is 0.136 e. The van der Waals surface area contributed by atoms with Crippen LogP contribution < -0.4 is 10.6 Å². The van der Waals surface area contributed by atoms with Crippen molar-refractivity contribution < 1.29 is 0 Å². The first-order valence-electron chi connectivity index (χ1n) is 6.51. The SMILES string of the molecule is CCNc1cc(Nc2cn(C)nc2CC)nc(C)n1. The molecule has 2 aromatic heterocycles. The van der Waals surface area contributed by atoms with Crippen LogP contribution in [0.15, 0.2) is 12.3 Å². The predicted octanol–water partition coefficient (Wildman–Crippen LogP) is 2.26. The van der Waals surface area contributed by atoms with Crippen LogP contribution in [0, 0.1) is 6.92 Å². The Bertz CT molecular complexity index is 560. The van der Waals surface area contributed by atoms with Crippen LogP contribution in [0.3, 0.4) is 0 Å². The number of aryl methyl sites for hydroxylation is 3. The van der Waals surface area contributed by atoms with Gasteiger partial charge in [-0.3, -0.25) is 4.68 Å². The molecule has 0 aliphatic carbocycles. The maximum atomic E-state index is 4.40. The van der Waals surface area contributed by atoms with E-state index < -0.39 is 0 Å². The smallest absolute Gasteiger partial charge is 0.136 e. The Balaban J connectivity index is 2.26. The minimum Gasteiger partial charge on any atom is -0.370 e. The van der Waals surface area contributed by atoms with Crippen LogP contribution in [0.25, 0.3) is 0 Å². The molecule has 2 heterocycles. The molecule has 0 bridgehead atoms. The van der Waals surface area contributed by atoms with E-state index in [2.05, 4.69) is 32.6 Å². The maximum absolute atomic E-state index is 4.40. The highest BCUT2D eigenvalue weighted by atomic mass is 15.3. The van der Waals surface area contributed by atoms with Gasteiger partial charge in [0.2, 0.25) is 0 Å². The van der Waals surface area contributed by atoms with Gasteiger partial charge in [0.1, 0.15) is 17.5 Å². The van der Waals surface area contributed by atoms with Gasteiger partial charge in [0.15, 0.2) is 0 Å². The third kappa shape index (κ3) is 3.21. The number of nitrogens with zero attached hydrogens (tertiary/aromatic N) is 4. The summed E-state index contributed by atoms with van der Waals surface area (Å²) in [7, 11) is 1.92. The van der Waals surface area contributed by atoms with Gasteiger partial charge in [0.25, 0.3) is 0 Å². The van der Waals surface area contributed by atoms with E-state index in [1.54, 1.807) is 4.68 Å². The zero-order valence-corrected chi connectivity index (χ0v) is 11.9. The van der Waals surface area contributed by atoms with E-state index in [1.807, 2.05) is 33.2 Å². The van der Waals surface area contributed by atoms with Crippen molar-refractivity contribution >= 4 is 17.3 Å². The monoisotopic (exact) mass is 260 g/mol. The molecule has 0 radical (unpaired) electrons. The van der Waals surface area contributed by atoms with Crippen LogP contribution in [0.5, 0.6) is 0 Å². The predicted molar refractivity (Wildman–Crippen MR) is 76.8 cm³/mol. The molecular formula is C13H20N6. The van der Waals surface area contributed by atoms with Gasteiger partial charge in [-0.1, -0.05) is 6.92 Å². The van der Waals surface area contributed by atoms with Crippen molar-refractivity contribution in [2.24, 2.45) is 7.05 Å². The minimum atomic E-state index is 0.739. The van der Waals surface area contributed by atoms with E-state index in [4.69, 9.17) is 0 Å². The molecule has 0 saturated heterocycles. The number of nitrogens with one attached hydrogen (secondary N) is 2. The molecule has 2 N–H and O–H groups in total. The van der Waals surface area contributed by atoms with E-state index in [-0.39, 0.29) is 0 Å². The average molecular weight is 260 g/mol. The number of hydrogen-bond acceptors (Lipinski definition) is 5. The highest BCUT2D eigenvalue weighted by Gasteiger charge is 2.08. The molecule has 2 rings (SSSR count). The van der Waals surface area contributed by atoms with Crippen molar-refractivity contribution in [3.05, 3.63) is 23.8 Å². The molecule has 0 fully saturated rings. The summed E-state index contributed by atoms with van der Waals surface area (Å²) in [5, 5.41) is 10.9. The molecule has 0 aromatic carbocycles. The fourth-order valence-corrected chi connectivity index (χ4v) is 1.94. The second kappa shape index (κ2) is 5.69. The van der Waals surface area contributed by atoms with Gasteiger partial charge >= 0.3 is 0 Å². The van der Waals surface area contributed by atoms with E-state index >= 15 is 0 Å². The van der Waals surface area contributed by atoms with Crippen molar-refractivity contribution in [2.75, 3.05) is 17.2 Å². The highest BCUT2D eigenvalue weighted by molar-refractivity contribution is 5.60. The fourth-order valence-electron chi connectivity index (χ4n) is 1.94. The van der Waals surface area contributed by atoms with Crippen LogP contribution in [0.1, 0.15) is 25.4 Å². The van der Waals surface area contributed by atoms with Crippen LogP contribution >= 0.6 is 0 Å². The highest BCUT2D eigenvalue weighted by Crippen LogP contribution is 2.20. The van der Waals surface area contributed by atoms with E-state index in [0.717, 1.165) is 41.8 Å². The van der Waals surface area contributed by atoms with Crippen LogP contribution in [-0.4, -0.2) is 26.3 Å². The van der Waals surface area contributed by atoms with Gasteiger partial charge in [0.05, 0.1) is 11.4 Å². The van der Waals surface area contributed by atoms with Crippen LogP contribution in [0.2, 0.25) is 0 Å². The molecule has 6 heteroatoms. The van der Waals surface area contributed by atoms with E-state index in [1.165, 1.54) is 0 Å². The summed E-state index contributed by atoms with van der Waals surface area (Å²) >= 11 is 0. The Morgan fingerprint density at radius 3 is 2.63 bits per heavy atom. The molecule has 102 valence electrons. The van der Waals surface area contributed by atoms with Gasteiger partial charge in [0, 0.05) is 25.9 Å². The fraction of sp³-hybridized carbons (Fsp3) is 0.462. The lowest BCUT2D eigenvalue weighted by Gasteiger charge is -2.08. The molecule has 2 aromatic rings. The first kappa shape index (κ1) is 13.3. The summed E-state index contributed by atoms with van der Waals surface area (Å²) < 4.78 is 1.81. The zero-order valence-electron chi connectivity index (χ0n) is 11.9. The first-order valence-corrected chi connectivity index (χ1v) is 6.51. The summed E-state index contributed by atoms with van der Waals surface area (Å²) in [6.07, 6.45) is 2.84. The van der Waals surface area contributed by atoms with Crippen molar-refractivity contribution in [3.63, 3.8) is 0 Å². The van der Waals surface area contributed by atoms with Crippen LogP contribution in [-0.2, 0) is 13.5 Å². The second-order valence-electron chi connectivity index (χ2n) is 4.36. The average Bonchev–Trinajstić information content (AvgIpc) is 2.69. The third-order valence-electron chi connectivity index (χ3n) is 2.70. The van der Waals surface area contributed by atoms with E-state index in [9.17, 15) is 0 Å². The van der Waals surface area contributed by atoms with Gasteiger partial charge in [-0.05, 0) is 20.3 Å². The lowest BCUT2D eigenvalue weighted by atomic mass is 10.3. The van der Waals surface area contributed by atoms with Crippen LogP contribution in [0.4, 0.5) is 17.3 Å². The largest absolute Gasteiger partial charge is 0.370 e. The Labute approximate surface area is 113 Å². The van der Waals surface area contributed by atoms with E-state index in [0.29, 0.717) is 0 Å². The summed E-state index contributed by atoms with van der Waals surface area (Å²) in [6.45, 7) is 6.85. The molecule has 19 heavy (non-hydrogen) atoms. The third-order valence-corrected chi connectivity index (χ3v) is 2.70. The molecule has 0 saturated carbocycles. The van der Waals surface area contributed by atoms with Gasteiger partial charge < -0.3 is 10.6 Å². The van der Waals surface area contributed by atoms with Crippen molar-refractivity contribution in [2.45, 2.75) is 27.2 Å². The minimum absolute atomic E-state index is 0.739. The Hall–Kier alpha value is -2.11. The molecule has 6 nitrogen and oxygen atoms in total. The zero-order chi connectivity index (χ0) is 13.8. The molecule has 0 amide bonds. The number of aromatic nitrogens is 4.